The van der Waals surface area contributed by atoms with Gasteiger partial charge in [0.05, 0.1) is 6.54 Å². The number of aromatic nitrogens is 2. The number of hydrogen-bond donors (Lipinski definition) is 0. The first-order chi connectivity index (χ1) is 15.1. The van der Waals surface area contributed by atoms with Crippen molar-refractivity contribution in [3.8, 4) is 0 Å². The Kier molecular flexibility index (Phi) is 6.96. The fourth-order valence-corrected chi connectivity index (χ4v) is 4.46. The summed E-state index contributed by atoms with van der Waals surface area (Å²) in [6.07, 6.45) is 5.38. The van der Waals surface area contributed by atoms with Crippen molar-refractivity contribution in [3.63, 3.8) is 0 Å². The average Bonchev–Trinajstić information content (AvgIpc) is 2.98. The van der Waals surface area contributed by atoms with E-state index in [4.69, 9.17) is 4.52 Å². The molecule has 0 spiro atoms. The molecule has 2 fully saturated rings. The van der Waals surface area contributed by atoms with Gasteiger partial charge in [-0.1, -0.05) is 36.2 Å². The van der Waals surface area contributed by atoms with E-state index in [0.717, 1.165) is 25.9 Å². The zero-order chi connectivity index (χ0) is 21.6. The van der Waals surface area contributed by atoms with Gasteiger partial charge in [-0.25, -0.2) is 0 Å². The summed E-state index contributed by atoms with van der Waals surface area (Å²) in [4.78, 5) is 36.7. The van der Waals surface area contributed by atoms with Crippen LogP contribution >= 0.6 is 0 Å². The normalized spacial score (nSPS) is 20.9. The second-order valence-electron chi connectivity index (χ2n) is 8.42. The maximum absolute atomic E-state index is 13.3. The molecule has 4 rings (SSSR count). The highest BCUT2D eigenvalue weighted by Crippen LogP contribution is 2.27. The topological polar surface area (TPSA) is 82.8 Å². The number of aryl methyl sites for hydroxylation is 1. The lowest BCUT2D eigenvalue weighted by molar-refractivity contribution is -0.132. The highest BCUT2D eigenvalue weighted by molar-refractivity contribution is 5.94. The molecular weight excluding hydrogens is 394 g/mol. The van der Waals surface area contributed by atoms with Gasteiger partial charge in [-0.05, 0) is 51.4 Å². The quantitative estimate of drug-likeness (QED) is 0.749. The SMILES string of the molecule is Cc1noc(C2CCN(C(=O)CN3CCCCCC3)CCN2C(=O)c2ccccc2)n1. The summed E-state index contributed by atoms with van der Waals surface area (Å²) < 4.78 is 5.44. The van der Waals surface area contributed by atoms with Gasteiger partial charge in [0.15, 0.2) is 5.82 Å². The van der Waals surface area contributed by atoms with Crippen molar-refractivity contribution in [1.82, 2.24) is 24.8 Å². The lowest BCUT2D eigenvalue weighted by Gasteiger charge is -2.27. The van der Waals surface area contributed by atoms with Gasteiger partial charge in [-0.2, -0.15) is 4.98 Å². The third kappa shape index (κ3) is 5.31. The van der Waals surface area contributed by atoms with Crippen molar-refractivity contribution in [1.29, 1.82) is 0 Å². The molecule has 2 aromatic rings. The molecule has 0 N–H and O–H groups in total. The number of benzene rings is 1. The summed E-state index contributed by atoms with van der Waals surface area (Å²) in [5, 5.41) is 3.92. The van der Waals surface area contributed by atoms with Crippen LogP contribution in [-0.2, 0) is 4.79 Å². The number of likely N-dealkylation sites (tertiary alicyclic amines) is 1. The van der Waals surface area contributed by atoms with E-state index >= 15 is 0 Å². The van der Waals surface area contributed by atoms with Crippen LogP contribution in [0.1, 0.15) is 60.2 Å². The summed E-state index contributed by atoms with van der Waals surface area (Å²) in [6, 6.07) is 8.88. The maximum atomic E-state index is 13.3. The van der Waals surface area contributed by atoms with Gasteiger partial charge in [0.2, 0.25) is 11.8 Å². The fraction of sp³-hybridized carbons (Fsp3) is 0.565. The summed E-state index contributed by atoms with van der Waals surface area (Å²) in [7, 11) is 0. The summed E-state index contributed by atoms with van der Waals surface area (Å²) in [5.41, 5.74) is 0.619. The molecule has 2 aliphatic rings. The monoisotopic (exact) mass is 425 g/mol. The van der Waals surface area contributed by atoms with E-state index in [1.807, 2.05) is 35.2 Å². The minimum absolute atomic E-state index is 0.0803. The van der Waals surface area contributed by atoms with Crippen LogP contribution in [-0.4, -0.2) is 75.9 Å². The number of nitrogens with zero attached hydrogens (tertiary/aromatic N) is 5. The second kappa shape index (κ2) is 10.0. The number of amides is 2. The largest absolute Gasteiger partial charge is 0.340 e. The van der Waals surface area contributed by atoms with Gasteiger partial charge in [-0.3, -0.25) is 14.5 Å². The van der Waals surface area contributed by atoms with Crippen LogP contribution in [0.4, 0.5) is 0 Å². The average molecular weight is 426 g/mol. The van der Waals surface area contributed by atoms with Gasteiger partial charge < -0.3 is 14.3 Å². The number of rotatable bonds is 4. The minimum atomic E-state index is -0.343. The molecule has 31 heavy (non-hydrogen) atoms. The van der Waals surface area contributed by atoms with E-state index in [1.165, 1.54) is 12.8 Å². The molecule has 166 valence electrons. The van der Waals surface area contributed by atoms with E-state index in [1.54, 1.807) is 11.8 Å². The Labute approximate surface area is 183 Å². The first kappa shape index (κ1) is 21.5. The van der Waals surface area contributed by atoms with Crippen LogP contribution < -0.4 is 0 Å². The molecule has 0 saturated carbocycles. The predicted octanol–water partition coefficient (Wildman–Crippen LogP) is 2.67. The van der Waals surface area contributed by atoms with Crippen LogP contribution in [0, 0.1) is 6.92 Å². The second-order valence-corrected chi connectivity index (χ2v) is 8.42. The van der Waals surface area contributed by atoms with Gasteiger partial charge in [-0.15, -0.1) is 0 Å². The molecule has 1 unspecified atom stereocenters. The van der Waals surface area contributed by atoms with Crippen LogP contribution in [0.25, 0.3) is 0 Å². The van der Waals surface area contributed by atoms with Crippen LogP contribution in [0.3, 0.4) is 0 Å². The van der Waals surface area contributed by atoms with Crippen molar-refractivity contribution in [2.45, 2.75) is 45.1 Å². The summed E-state index contributed by atoms with van der Waals surface area (Å²) in [6.45, 7) is 5.71. The van der Waals surface area contributed by atoms with Gasteiger partial charge in [0, 0.05) is 25.2 Å². The first-order valence-corrected chi connectivity index (χ1v) is 11.3. The van der Waals surface area contributed by atoms with Gasteiger partial charge in [0.25, 0.3) is 5.91 Å². The van der Waals surface area contributed by atoms with Crippen LogP contribution in [0.5, 0.6) is 0 Å². The van der Waals surface area contributed by atoms with Crippen molar-refractivity contribution in [2.24, 2.45) is 0 Å². The molecule has 0 bridgehead atoms. The smallest absolute Gasteiger partial charge is 0.254 e. The zero-order valence-electron chi connectivity index (χ0n) is 18.2. The molecule has 2 amide bonds. The lowest BCUT2D eigenvalue weighted by atomic mass is 10.1. The third-order valence-electron chi connectivity index (χ3n) is 6.18. The van der Waals surface area contributed by atoms with E-state index in [9.17, 15) is 9.59 Å². The summed E-state index contributed by atoms with van der Waals surface area (Å²) >= 11 is 0. The molecule has 1 aromatic heterocycles. The number of carbonyl (C=O) groups excluding carboxylic acids is 2. The zero-order valence-corrected chi connectivity index (χ0v) is 18.2. The van der Waals surface area contributed by atoms with Crippen molar-refractivity contribution >= 4 is 11.8 Å². The Morgan fingerprint density at radius 1 is 1.00 bits per heavy atom. The van der Waals surface area contributed by atoms with Crippen molar-refractivity contribution < 1.29 is 14.1 Å². The van der Waals surface area contributed by atoms with Gasteiger partial charge >= 0.3 is 0 Å². The van der Waals surface area contributed by atoms with E-state index in [2.05, 4.69) is 15.0 Å². The minimum Gasteiger partial charge on any atom is -0.340 e. The maximum Gasteiger partial charge on any atom is 0.254 e. The van der Waals surface area contributed by atoms with Crippen molar-refractivity contribution in [3.05, 3.63) is 47.6 Å². The van der Waals surface area contributed by atoms with Crippen LogP contribution in [0.15, 0.2) is 34.9 Å². The summed E-state index contributed by atoms with van der Waals surface area (Å²) in [5.74, 6) is 1.03. The Morgan fingerprint density at radius 3 is 2.42 bits per heavy atom. The van der Waals surface area contributed by atoms with Crippen molar-refractivity contribution in [2.75, 3.05) is 39.3 Å². The molecule has 1 aromatic carbocycles. The van der Waals surface area contributed by atoms with E-state index < -0.39 is 0 Å². The first-order valence-electron chi connectivity index (χ1n) is 11.3. The molecule has 2 saturated heterocycles. The standard InChI is InChI=1S/C23H31N5O3/c1-18-24-22(31-25-18)20-11-14-27(21(29)17-26-12-7-2-3-8-13-26)15-16-28(20)23(30)19-9-5-4-6-10-19/h4-6,9-10,20H,2-3,7-8,11-17H2,1H3. The molecule has 0 radical (unpaired) electrons. The Hall–Kier alpha value is -2.74. The Morgan fingerprint density at radius 2 is 1.74 bits per heavy atom. The van der Waals surface area contributed by atoms with E-state index in [0.29, 0.717) is 49.9 Å². The van der Waals surface area contributed by atoms with E-state index in [-0.39, 0.29) is 17.9 Å². The molecule has 2 aliphatic heterocycles. The highest BCUT2D eigenvalue weighted by atomic mass is 16.5. The van der Waals surface area contributed by atoms with Gasteiger partial charge in [0.1, 0.15) is 6.04 Å². The Balaban J connectivity index is 1.49. The fourth-order valence-electron chi connectivity index (χ4n) is 4.46. The molecule has 8 nitrogen and oxygen atoms in total. The molecule has 0 aliphatic carbocycles. The Bertz CT molecular complexity index is 876. The molecule has 3 heterocycles. The molecular formula is C23H31N5O3. The van der Waals surface area contributed by atoms with Crippen LogP contribution in [0.2, 0.25) is 0 Å². The third-order valence-corrected chi connectivity index (χ3v) is 6.18. The number of carbonyl (C=O) groups is 2. The lowest BCUT2D eigenvalue weighted by Crippen LogP contribution is -2.43. The molecule has 1 atom stereocenters. The molecule has 8 heteroatoms. The number of hydrogen-bond acceptors (Lipinski definition) is 6. The highest BCUT2D eigenvalue weighted by Gasteiger charge is 2.34. The predicted molar refractivity (Wildman–Crippen MR) is 115 cm³/mol.